The predicted molar refractivity (Wildman–Crippen MR) is 59.3 cm³/mol. The van der Waals surface area contributed by atoms with Gasteiger partial charge in [0.25, 0.3) is 0 Å². The lowest BCUT2D eigenvalue weighted by Crippen LogP contribution is -2.01. The largest absolute Gasteiger partial charge is 0.478 e. The van der Waals surface area contributed by atoms with Crippen LogP contribution in [0.25, 0.3) is 10.9 Å². The molecule has 0 bridgehead atoms. The Morgan fingerprint density at radius 3 is 2.80 bits per heavy atom. The number of hydrogen-bond donors (Lipinski definition) is 1. The van der Waals surface area contributed by atoms with Gasteiger partial charge in [-0.05, 0) is 25.5 Å². The Bertz CT molecular complexity index is 526. The van der Waals surface area contributed by atoms with Crippen molar-refractivity contribution in [3.05, 3.63) is 35.5 Å². The number of rotatable bonds is 2. The molecule has 0 saturated heterocycles. The van der Waals surface area contributed by atoms with Gasteiger partial charge in [-0.1, -0.05) is 12.1 Å². The van der Waals surface area contributed by atoms with Gasteiger partial charge in [-0.15, -0.1) is 0 Å². The molecule has 78 valence electrons. The number of para-hydroxylation sites is 1. The Morgan fingerprint density at radius 2 is 2.20 bits per heavy atom. The summed E-state index contributed by atoms with van der Waals surface area (Å²) in [6, 6.07) is 5.40. The van der Waals surface area contributed by atoms with Gasteiger partial charge in [0.05, 0.1) is 11.1 Å². The molecule has 2 aromatic rings. The van der Waals surface area contributed by atoms with E-state index < -0.39 is 5.97 Å². The van der Waals surface area contributed by atoms with Crippen LogP contribution in [-0.4, -0.2) is 15.6 Å². The van der Waals surface area contributed by atoms with E-state index in [9.17, 15) is 4.79 Å². The molecule has 1 heterocycles. The van der Waals surface area contributed by atoms with Crippen LogP contribution in [-0.2, 0) is 6.54 Å². The number of aromatic carboxylic acids is 1. The molecular weight excluding hydrogens is 190 g/mol. The Balaban J connectivity index is 2.88. The van der Waals surface area contributed by atoms with E-state index in [2.05, 4.69) is 0 Å². The maximum atomic E-state index is 11.1. The summed E-state index contributed by atoms with van der Waals surface area (Å²) in [5.41, 5.74) is 2.32. The lowest BCUT2D eigenvalue weighted by atomic mass is 10.1. The molecule has 15 heavy (non-hydrogen) atoms. The van der Waals surface area contributed by atoms with E-state index in [1.807, 2.05) is 30.7 Å². The Labute approximate surface area is 87.9 Å². The van der Waals surface area contributed by atoms with Crippen molar-refractivity contribution in [1.29, 1.82) is 0 Å². The van der Waals surface area contributed by atoms with Crippen molar-refractivity contribution in [3.63, 3.8) is 0 Å². The third kappa shape index (κ3) is 1.40. The van der Waals surface area contributed by atoms with Crippen LogP contribution in [0.1, 0.15) is 22.8 Å². The number of nitrogens with zero attached hydrogens (tertiary/aromatic N) is 1. The molecule has 0 fully saturated rings. The van der Waals surface area contributed by atoms with E-state index in [4.69, 9.17) is 5.11 Å². The SMILES string of the molecule is CCn1cc(C)c2cccc(C(=O)O)c21. The first-order valence-electron chi connectivity index (χ1n) is 4.97. The Morgan fingerprint density at radius 1 is 1.47 bits per heavy atom. The van der Waals surface area contributed by atoms with Gasteiger partial charge in [0, 0.05) is 18.1 Å². The highest BCUT2D eigenvalue weighted by molar-refractivity contribution is 6.03. The van der Waals surface area contributed by atoms with Crippen molar-refractivity contribution in [2.75, 3.05) is 0 Å². The van der Waals surface area contributed by atoms with E-state index in [0.717, 1.165) is 23.0 Å². The first kappa shape index (κ1) is 9.77. The van der Waals surface area contributed by atoms with Crippen molar-refractivity contribution in [2.45, 2.75) is 20.4 Å². The number of aryl methyl sites for hydroxylation is 2. The first-order valence-corrected chi connectivity index (χ1v) is 4.97. The molecular formula is C12H13NO2. The number of benzene rings is 1. The van der Waals surface area contributed by atoms with Gasteiger partial charge >= 0.3 is 5.97 Å². The van der Waals surface area contributed by atoms with Gasteiger partial charge < -0.3 is 9.67 Å². The van der Waals surface area contributed by atoms with E-state index in [1.54, 1.807) is 12.1 Å². The topological polar surface area (TPSA) is 42.2 Å². The van der Waals surface area contributed by atoms with Crippen LogP contribution in [0.3, 0.4) is 0 Å². The summed E-state index contributed by atoms with van der Waals surface area (Å²) >= 11 is 0. The zero-order valence-corrected chi connectivity index (χ0v) is 8.82. The van der Waals surface area contributed by atoms with Crippen LogP contribution in [0.5, 0.6) is 0 Å². The molecule has 3 nitrogen and oxygen atoms in total. The van der Waals surface area contributed by atoms with Gasteiger partial charge in [0.15, 0.2) is 0 Å². The van der Waals surface area contributed by atoms with E-state index >= 15 is 0 Å². The molecule has 0 atom stereocenters. The minimum Gasteiger partial charge on any atom is -0.478 e. The molecule has 1 N–H and O–H groups in total. The summed E-state index contributed by atoms with van der Waals surface area (Å²) in [6.07, 6.45) is 2.00. The second-order valence-electron chi connectivity index (χ2n) is 3.61. The van der Waals surface area contributed by atoms with Crippen molar-refractivity contribution in [3.8, 4) is 0 Å². The quantitative estimate of drug-likeness (QED) is 0.815. The summed E-state index contributed by atoms with van der Waals surface area (Å²) in [5.74, 6) is -0.867. The molecule has 0 amide bonds. The van der Waals surface area contributed by atoms with E-state index in [1.165, 1.54) is 0 Å². The normalized spacial score (nSPS) is 10.8. The molecule has 1 aromatic carbocycles. The average molecular weight is 203 g/mol. The van der Waals surface area contributed by atoms with Crippen LogP contribution in [0.15, 0.2) is 24.4 Å². The monoisotopic (exact) mass is 203 g/mol. The van der Waals surface area contributed by atoms with Crippen LogP contribution in [0.4, 0.5) is 0 Å². The maximum Gasteiger partial charge on any atom is 0.337 e. The molecule has 0 spiro atoms. The molecule has 0 unspecified atom stereocenters. The van der Waals surface area contributed by atoms with Gasteiger partial charge in [0.2, 0.25) is 0 Å². The smallest absolute Gasteiger partial charge is 0.337 e. The molecule has 0 aliphatic rings. The standard InChI is InChI=1S/C12H13NO2/c1-3-13-7-8(2)9-5-4-6-10(11(9)13)12(14)15/h4-7H,3H2,1-2H3,(H,14,15). The molecule has 3 heteroatoms. The first-order chi connectivity index (χ1) is 7.15. The molecule has 1 aromatic heterocycles. The minimum atomic E-state index is -0.867. The highest BCUT2D eigenvalue weighted by Gasteiger charge is 2.13. The van der Waals surface area contributed by atoms with E-state index in [0.29, 0.717) is 5.56 Å². The summed E-state index contributed by atoms with van der Waals surface area (Å²) in [5, 5.41) is 10.1. The zero-order valence-electron chi connectivity index (χ0n) is 8.82. The molecule has 0 aliphatic heterocycles. The van der Waals surface area contributed by atoms with Gasteiger partial charge in [0.1, 0.15) is 0 Å². The highest BCUT2D eigenvalue weighted by Crippen LogP contribution is 2.24. The number of carboxylic acids is 1. The van der Waals surface area contributed by atoms with Crippen LogP contribution < -0.4 is 0 Å². The number of aromatic nitrogens is 1. The highest BCUT2D eigenvalue weighted by atomic mass is 16.4. The summed E-state index contributed by atoms with van der Waals surface area (Å²) in [7, 11) is 0. The number of hydrogen-bond acceptors (Lipinski definition) is 1. The third-order valence-corrected chi connectivity index (χ3v) is 2.67. The fraction of sp³-hybridized carbons (Fsp3) is 0.250. The van der Waals surface area contributed by atoms with Crippen molar-refractivity contribution in [2.24, 2.45) is 0 Å². The molecule has 0 aliphatic carbocycles. The Kier molecular flexibility index (Phi) is 2.23. The van der Waals surface area contributed by atoms with Crippen LogP contribution in [0.2, 0.25) is 0 Å². The fourth-order valence-electron chi connectivity index (χ4n) is 1.96. The summed E-state index contributed by atoms with van der Waals surface area (Å²) in [6.45, 7) is 4.80. The van der Waals surface area contributed by atoms with Gasteiger partial charge in [-0.25, -0.2) is 4.79 Å². The molecule has 0 radical (unpaired) electrons. The van der Waals surface area contributed by atoms with Crippen LogP contribution >= 0.6 is 0 Å². The maximum absolute atomic E-state index is 11.1. The predicted octanol–water partition coefficient (Wildman–Crippen LogP) is 2.67. The van der Waals surface area contributed by atoms with Crippen LogP contribution in [0, 0.1) is 6.92 Å². The Hall–Kier alpha value is -1.77. The van der Waals surface area contributed by atoms with Crippen molar-refractivity contribution >= 4 is 16.9 Å². The summed E-state index contributed by atoms with van der Waals surface area (Å²) in [4.78, 5) is 11.1. The molecule has 2 rings (SSSR count). The van der Waals surface area contributed by atoms with Crippen molar-refractivity contribution in [1.82, 2.24) is 4.57 Å². The third-order valence-electron chi connectivity index (χ3n) is 2.67. The summed E-state index contributed by atoms with van der Waals surface area (Å²) < 4.78 is 1.98. The second-order valence-corrected chi connectivity index (χ2v) is 3.61. The van der Waals surface area contributed by atoms with Crippen molar-refractivity contribution < 1.29 is 9.90 Å². The second kappa shape index (κ2) is 3.42. The minimum absolute atomic E-state index is 0.377. The van der Waals surface area contributed by atoms with Gasteiger partial charge in [-0.2, -0.15) is 0 Å². The van der Waals surface area contributed by atoms with E-state index in [-0.39, 0.29) is 0 Å². The number of carboxylic acid groups (broad SMARTS) is 1. The average Bonchev–Trinajstić information content (AvgIpc) is 2.55. The lowest BCUT2D eigenvalue weighted by Gasteiger charge is -2.03. The lowest BCUT2D eigenvalue weighted by molar-refractivity contribution is 0.0698. The number of carbonyl (C=O) groups is 1. The number of fused-ring (bicyclic) bond motifs is 1. The molecule has 0 saturated carbocycles. The fourth-order valence-corrected chi connectivity index (χ4v) is 1.96. The zero-order chi connectivity index (χ0) is 11.0. The van der Waals surface area contributed by atoms with Gasteiger partial charge in [-0.3, -0.25) is 0 Å².